The van der Waals surface area contributed by atoms with E-state index in [0.29, 0.717) is 0 Å². The molecule has 3 heterocycles. The van der Waals surface area contributed by atoms with Gasteiger partial charge >= 0.3 is 0 Å². The maximum Gasteiger partial charge on any atom is 0.199 e. The molecule has 7 nitrogen and oxygen atoms in total. The number of aromatic nitrogens is 3. The SMILES string of the molecule is C#C[C@@]1(O)[C@H](O)[C@@H](CO)O[C@H]1n1cc(F)c2c(Cl)ncnc21. The lowest BCUT2D eigenvalue weighted by Crippen LogP contribution is -2.45. The number of hydrogen-bond acceptors (Lipinski definition) is 6. The van der Waals surface area contributed by atoms with Gasteiger partial charge in [0, 0.05) is 6.20 Å². The second-order valence-electron chi connectivity index (χ2n) is 4.87. The third-order valence-electron chi connectivity index (χ3n) is 3.66. The van der Waals surface area contributed by atoms with Crippen LogP contribution in [0.2, 0.25) is 5.15 Å². The van der Waals surface area contributed by atoms with Gasteiger partial charge in [0.1, 0.15) is 29.3 Å². The zero-order chi connectivity index (χ0) is 16.1. The highest BCUT2D eigenvalue weighted by atomic mass is 35.5. The first-order valence-corrected chi connectivity index (χ1v) is 6.63. The van der Waals surface area contributed by atoms with Crippen LogP contribution < -0.4 is 0 Å². The summed E-state index contributed by atoms with van der Waals surface area (Å²) >= 11 is 5.83. The summed E-state index contributed by atoms with van der Waals surface area (Å²) in [7, 11) is 0. The molecule has 0 saturated carbocycles. The number of ether oxygens (including phenoxy) is 1. The predicted molar refractivity (Wildman–Crippen MR) is 73.3 cm³/mol. The molecule has 0 radical (unpaired) electrons. The summed E-state index contributed by atoms with van der Waals surface area (Å²) in [6.07, 6.45) is 3.39. The minimum Gasteiger partial charge on any atom is -0.394 e. The maximum atomic E-state index is 14.1. The zero-order valence-corrected chi connectivity index (χ0v) is 11.8. The van der Waals surface area contributed by atoms with Crippen LogP contribution in [-0.2, 0) is 4.74 Å². The fraction of sp³-hybridized carbons (Fsp3) is 0.385. The number of fused-ring (bicyclic) bond motifs is 1. The molecule has 0 bridgehead atoms. The molecule has 1 aliphatic heterocycles. The topological polar surface area (TPSA) is 101 Å². The molecule has 0 spiro atoms. The fourth-order valence-corrected chi connectivity index (χ4v) is 2.75. The van der Waals surface area contributed by atoms with Crippen molar-refractivity contribution >= 4 is 22.6 Å². The van der Waals surface area contributed by atoms with E-state index >= 15 is 0 Å². The van der Waals surface area contributed by atoms with E-state index in [2.05, 4.69) is 9.97 Å². The van der Waals surface area contributed by atoms with Gasteiger partial charge in [-0.15, -0.1) is 6.42 Å². The van der Waals surface area contributed by atoms with Crippen molar-refractivity contribution in [3.8, 4) is 12.3 Å². The summed E-state index contributed by atoms with van der Waals surface area (Å²) in [5.41, 5.74) is -2.12. The highest BCUT2D eigenvalue weighted by Gasteiger charge is 2.55. The van der Waals surface area contributed by atoms with Crippen LogP contribution in [0.5, 0.6) is 0 Å². The Hall–Kier alpha value is -1.76. The normalized spacial score (nSPS) is 31.5. The van der Waals surface area contributed by atoms with Crippen LogP contribution >= 0.6 is 11.6 Å². The van der Waals surface area contributed by atoms with Gasteiger partial charge in [0.05, 0.1) is 12.0 Å². The molecule has 4 atom stereocenters. The summed E-state index contributed by atoms with van der Waals surface area (Å²) in [6.45, 7) is -0.570. The van der Waals surface area contributed by atoms with Crippen molar-refractivity contribution in [1.82, 2.24) is 14.5 Å². The van der Waals surface area contributed by atoms with E-state index < -0.39 is 36.5 Å². The molecular formula is C13H11ClFN3O4. The molecule has 9 heteroatoms. The highest BCUT2D eigenvalue weighted by molar-refractivity contribution is 6.34. The quantitative estimate of drug-likeness (QED) is 0.523. The molecule has 2 aromatic heterocycles. The van der Waals surface area contributed by atoms with Gasteiger partial charge in [-0.3, -0.25) is 4.57 Å². The summed E-state index contributed by atoms with van der Waals surface area (Å²) in [4.78, 5) is 7.59. The summed E-state index contributed by atoms with van der Waals surface area (Å²) in [6, 6.07) is 0. The average Bonchev–Trinajstić information content (AvgIpc) is 2.97. The third-order valence-corrected chi connectivity index (χ3v) is 3.95. The van der Waals surface area contributed by atoms with E-state index in [1.165, 1.54) is 0 Å². The van der Waals surface area contributed by atoms with Crippen LogP contribution in [-0.4, -0.2) is 54.3 Å². The highest BCUT2D eigenvalue weighted by Crippen LogP contribution is 2.40. The van der Waals surface area contributed by atoms with E-state index in [9.17, 15) is 19.7 Å². The minimum atomic E-state index is -2.16. The lowest BCUT2D eigenvalue weighted by atomic mass is 9.95. The largest absolute Gasteiger partial charge is 0.394 e. The van der Waals surface area contributed by atoms with Gasteiger partial charge in [0.2, 0.25) is 0 Å². The molecule has 0 aromatic carbocycles. The Labute approximate surface area is 128 Å². The fourth-order valence-electron chi connectivity index (χ4n) is 2.53. The summed E-state index contributed by atoms with van der Waals surface area (Å²) < 4.78 is 20.6. The first-order valence-electron chi connectivity index (χ1n) is 6.25. The van der Waals surface area contributed by atoms with E-state index in [0.717, 1.165) is 17.1 Å². The average molecular weight is 328 g/mol. The van der Waals surface area contributed by atoms with Crippen molar-refractivity contribution in [1.29, 1.82) is 0 Å². The van der Waals surface area contributed by atoms with E-state index in [4.69, 9.17) is 22.8 Å². The van der Waals surface area contributed by atoms with Crippen molar-refractivity contribution < 1.29 is 24.4 Å². The number of aliphatic hydroxyl groups excluding tert-OH is 2. The predicted octanol–water partition coefficient (Wildman–Crippen LogP) is -0.161. The second-order valence-corrected chi connectivity index (χ2v) is 5.23. The van der Waals surface area contributed by atoms with Crippen LogP contribution in [0.3, 0.4) is 0 Å². The van der Waals surface area contributed by atoms with Crippen LogP contribution in [0, 0.1) is 18.2 Å². The van der Waals surface area contributed by atoms with Crippen LogP contribution in [0.1, 0.15) is 6.23 Å². The summed E-state index contributed by atoms with van der Waals surface area (Å²) in [5, 5.41) is 29.5. The van der Waals surface area contributed by atoms with Gasteiger partial charge in [-0.05, 0) is 0 Å². The molecule has 0 aliphatic carbocycles. The number of terminal acetylenes is 1. The molecule has 22 heavy (non-hydrogen) atoms. The Morgan fingerprint density at radius 1 is 1.55 bits per heavy atom. The van der Waals surface area contributed by atoms with E-state index in [1.807, 2.05) is 5.92 Å². The van der Waals surface area contributed by atoms with Crippen molar-refractivity contribution in [2.45, 2.75) is 24.0 Å². The lowest BCUT2D eigenvalue weighted by molar-refractivity contribution is -0.0720. The Balaban J connectivity index is 2.20. The van der Waals surface area contributed by atoms with Gasteiger partial charge in [-0.2, -0.15) is 0 Å². The smallest absolute Gasteiger partial charge is 0.199 e. The van der Waals surface area contributed by atoms with Crippen molar-refractivity contribution in [3.05, 3.63) is 23.5 Å². The molecule has 1 saturated heterocycles. The lowest BCUT2D eigenvalue weighted by Gasteiger charge is -2.26. The van der Waals surface area contributed by atoms with Crippen LogP contribution in [0.15, 0.2) is 12.5 Å². The van der Waals surface area contributed by atoms with Gasteiger partial charge in [0.15, 0.2) is 17.6 Å². The standard InChI is InChI=1S/C13H11ClFN3O4/c1-2-13(21)9(20)7(4-19)22-12(13)18-3-6(15)8-10(14)16-5-17-11(8)18/h1,3,5,7,9,12,19-21H,4H2/t7-,9-,12-,13-/m1/s1. The number of rotatable bonds is 2. The monoisotopic (exact) mass is 327 g/mol. The Kier molecular flexibility index (Phi) is 3.55. The third kappa shape index (κ3) is 1.91. The van der Waals surface area contributed by atoms with E-state index in [1.54, 1.807) is 0 Å². The zero-order valence-electron chi connectivity index (χ0n) is 11.0. The first kappa shape index (κ1) is 15.1. The molecule has 2 aromatic rings. The van der Waals surface area contributed by atoms with Crippen molar-refractivity contribution in [3.63, 3.8) is 0 Å². The summed E-state index contributed by atoms with van der Waals surface area (Å²) in [5.74, 6) is 1.31. The van der Waals surface area contributed by atoms with Gasteiger partial charge in [-0.1, -0.05) is 17.5 Å². The Morgan fingerprint density at radius 3 is 2.91 bits per heavy atom. The first-order chi connectivity index (χ1) is 10.4. The van der Waals surface area contributed by atoms with E-state index in [-0.39, 0.29) is 16.2 Å². The number of aliphatic hydroxyl groups is 3. The number of hydrogen-bond donors (Lipinski definition) is 3. The minimum absolute atomic E-state index is 0.0435. The van der Waals surface area contributed by atoms with Gasteiger partial charge in [-0.25, -0.2) is 14.4 Å². The van der Waals surface area contributed by atoms with Crippen LogP contribution in [0.25, 0.3) is 11.0 Å². The van der Waals surface area contributed by atoms with Gasteiger partial charge in [0.25, 0.3) is 0 Å². The van der Waals surface area contributed by atoms with Crippen molar-refractivity contribution in [2.75, 3.05) is 6.61 Å². The molecule has 116 valence electrons. The number of halogens is 2. The van der Waals surface area contributed by atoms with Crippen LogP contribution in [0.4, 0.5) is 4.39 Å². The molecule has 1 aliphatic rings. The molecule has 1 fully saturated rings. The van der Waals surface area contributed by atoms with Crippen molar-refractivity contribution in [2.24, 2.45) is 0 Å². The second kappa shape index (κ2) is 5.15. The van der Waals surface area contributed by atoms with Gasteiger partial charge < -0.3 is 20.1 Å². The molecular weight excluding hydrogens is 317 g/mol. The maximum absolute atomic E-state index is 14.1. The number of nitrogens with zero attached hydrogens (tertiary/aromatic N) is 3. The molecule has 0 amide bonds. The Morgan fingerprint density at radius 2 is 2.27 bits per heavy atom. The molecule has 3 rings (SSSR count). The molecule has 3 N–H and O–H groups in total. The Bertz CT molecular complexity index is 776. The molecule has 0 unspecified atom stereocenters.